The molecule has 0 saturated carbocycles. The third-order valence-electron chi connectivity index (χ3n) is 6.75. The summed E-state index contributed by atoms with van der Waals surface area (Å²) >= 11 is 0. The van der Waals surface area contributed by atoms with Crippen LogP contribution in [-0.2, 0) is 25.5 Å². The van der Waals surface area contributed by atoms with E-state index in [4.69, 9.17) is 14.2 Å². The molecule has 3 unspecified atom stereocenters. The Balaban J connectivity index is 2.22. The normalized spacial score (nSPS) is 19.2. The Labute approximate surface area is 220 Å². The number of aliphatic hydroxyl groups is 1. The molecule has 0 aliphatic heterocycles. The number of amides is 1. The minimum Gasteiger partial charge on any atom is -0.492 e. The number of hydrogen-bond donors (Lipinski definition) is 3. The van der Waals surface area contributed by atoms with E-state index in [1.807, 2.05) is 19.1 Å². The number of hydrogen-bond acceptors (Lipinski definition) is 6. The maximum Gasteiger partial charge on any atom is 0.333 e. The van der Waals surface area contributed by atoms with E-state index in [1.165, 1.54) is 0 Å². The van der Waals surface area contributed by atoms with E-state index in [0.29, 0.717) is 29.4 Å². The van der Waals surface area contributed by atoms with E-state index in [-0.39, 0.29) is 36.4 Å². The van der Waals surface area contributed by atoms with Gasteiger partial charge in [-0.15, -0.1) is 0 Å². The summed E-state index contributed by atoms with van der Waals surface area (Å²) in [6.07, 6.45) is 4.81. The highest BCUT2D eigenvalue weighted by molar-refractivity contribution is 5.95. The van der Waals surface area contributed by atoms with Crippen LogP contribution in [0.4, 0.5) is 5.69 Å². The van der Waals surface area contributed by atoms with Crippen LogP contribution >= 0.6 is 0 Å². The second-order valence-corrected chi connectivity index (χ2v) is 10.9. The minimum atomic E-state index is -1.05. The summed E-state index contributed by atoms with van der Waals surface area (Å²) < 4.78 is 17.2. The molecule has 0 saturated heterocycles. The molecule has 0 radical (unpaired) electrons. The van der Waals surface area contributed by atoms with Crippen LogP contribution in [-0.4, -0.2) is 53.6 Å². The summed E-state index contributed by atoms with van der Waals surface area (Å²) in [5, 5.41) is 22.0. The number of aliphatic carboxylic acids is 1. The fourth-order valence-corrected chi connectivity index (χ4v) is 3.92. The Hall–Kier alpha value is -2.84. The number of benzene rings is 1. The summed E-state index contributed by atoms with van der Waals surface area (Å²) in [6.45, 7) is 14.3. The van der Waals surface area contributed by atoms with Gasteiger partial charge in [-0.1, -0.05) is 39.8 Å². The van der Waals surface area contributed by atoms with Crippen LogP contribution in [0.5, 0.6) is 5.75 Å². The Kier molecular flexibility index (Phi) is 10.8. The highest BCUT2D eigenvalue weighted by atomic mass is 16.5. The number of allylic oxidation sites excluding steroid dienone is 3. The number of rotatable bonds is 13. The van der Waals surface area contributed by atoms with Gasteiger partial charge in [-0.3, -0.25) is 4.79 Å². The summed E-state index contributed by atoms with van der Waals surface area (Å²) in [7, 11) is 0. The molecule has 0 spiro atoms. The average molecular weight is 518 g/mol. The first-order valence-electron chi connectivity index (χ1n) is 12.9. The van der Waals surface area contributed by atoms with Crippen molar-refractivity contribution in [1.82, 2.24) is 0 Å². The van der Waals surface area contributed by atoms with Crippen molar-refractivity contribution < 1.29 is 34.0 Å². The molecule has 0 aromatic heterocycles. The van der Waals surface area contributed by atoms with Crippen molar-refractivity contribution in [3.63, 3.8) is 0 Å². The lowest BCUT2D eigenvalue weighted by Crippen LogP contribution is -2.34. The molecule has 0 fully saturated rings. The largest absolute Gasteiger partial charge is 0.492 e. The van der Waals surface area contributed by atoms with Gasteiger partial charge in [-0.05, 0) is 67.9 Å². The molecular formula is C29H43NO7. The number of carbonyl (C=O) groups excluding carboxylic acids is 1. The van der Waals surface area contributed by atoms with Gasteiger partial charge in [0.2, 0.25) is 0 Å². The molecule has 206 valence electrons. The number of ether oxygens (including phenoxy) is 3. The topological polar surface area (TPSA) is 114 Å². The molecule has 1 aromatic carbocycles. The summed E-state index contributed by atoms with van der Waals surface area (Å²) in [4.78, 5) is 24.9. The first-order chi connectivity index (χ1) is 17.3. The zero-order valence-corrected chi connectivity index (χ0v) is 23.2. The van der Waals surface area contributed by atoms with Crippen molar-refractivity contribution in [2.45, 2.75) is 86.0 Å². The lowest BCUT2D eigenvalue weighted by Gasteiger charge is -2.40. The predicted octanol–water partition coefficient (Wildman–Crippen LogP) is 5.11. The molecule has 1 aromatic rings. The van der Waals surface area contributed by atoms with Gasteiger partial charge in [0, 0.05) is 19.4 Å². The van der Waals surface area contributed by atoms with E-state index in [2.05, 4.69) is 39.1 Å². The van der Waals surface area contributed by atoms with Crippen LogP contribution in [0.1, 0.15) is 66.9 Å². The van der Waals surface area contributed by atoms with Crippen molar-refractivity contribution in [3.05, 3.63) is 47.7 Å². The van der Waals surface area contributed by atoms with Crippen LogP contribution in [0, 0.1) is 10.8 Å². The maximum absolute atomic E-state index is 13.2. The molecule has 0 bridgehead atoms. The fraction of sp³-hybridized carbons (Fsp3) is 0.586. The van der Waals surface area contributed by atoms with Gasteiger partial charge in [-0.25, -0.2) is 4.79 Å². The van der Waals surface area contributed by atoms with Crippen LogP contribution < -0.4 is 10.1 Å². The average Bonchev–Trinajstić information content (AvgIpc) is 2.80. The van der Waals surface area contributed by atoms with Gasteiger partial charge in [0.15, 0.2) is 12.2 Å². The maximum atomic E-state index is 13.2. The SMILES string of the molecule is CCOc1ccc(CC(OC(C)C)C(=O)O)cc1NC(=O)C(CCO)OC1=CCC(C)(C(C)(C)C)C=C1. The second-order valence-electron chi connectivity index (χ2n) is 10.9. The summed E-state index contributed by atoms with van der Waals surface area (Å²) in [5.41, 5.74) is 1.10. The number of carboxylic acid groups (broad SMARTS) is 1. The van der Waals surface area contributed by atoms with Crippen LogP contribution in [0.15, 0.2) is 42.2 Å². The van der Waals surface area contributed by atoms with Gasteiger partial charge in [0.25, 0.3) is 5.91 Å². The van der Waals surface area contributed by atoms with Crippen molar-refractivity contribution in [3.8, 4) is 5.75 Å². The third-order valence-corrected chi connectivity index (χ3v) is 6.75. The molecule has 8 nitrogen and oxygen atoms in total. The van der Waals surface area contributed by atoms with E-state index in [0.717, 1.165) is 6.42 Å². The Morgan fingerprint density at radius 3 is 2.41 bits per heavy atom. The van der Waals surface area contributed by atoms with Gasteiger partial charge >= 0.3 is 5.97 Å². The van der Waals surface area contributed by atoms with E-state index in [9.17, 15) is 19.8 Å². The lowest BCUT2D eigenvalue weighted by atomic mass is 9.65. The van der Waals surface area contributed by atoms with Crippen LogP contribution in [0.2, 0.25) is 0 Å². The number of aliphatic hydroxyl groups excluding tert-OH is 1. The van der Waals surface area contributed by atoms with E-state index < -0.39 is 24.1 Å². The van der Waals surface area contributed by atoms with E-state index in [1.54, 1.807) is 32.0 Å². The Morgan fingerprint density at radius 2 is 1.89 bits per heavy atom. The van der Waals surface area contributed by atoms with E-state index >= 15 is 0 Å². The summed E-state index contributed by atoms with van der Waals surface area (Å²) in [5.74, 6) is -0.444. The quantitative estimate of drug-likeness (QED) is 0.333. The molecule has 2 rings (SSSR count). The molecule has 3 atom stereocenters. The fourth-order valence-electron chi connectivity index (χ4n) is 3.92. The first kappa shape index (κ1) is 30.4. The van der Waals surface area contributed by atoms with Crippen molar-refractivity contribution >= 4 is 17.6 Å². The predicted molar refractivity (Wildman–Crippen MR) is 144 cm³/mol. The number of anilines is 1. The molecule has 8 heteroatoms. The Bertz CT molecular complexity index is 992. The lowest BCUT2D eigenvalue weighted by molar-refractivity contribution is -0.153. The molecule has 3 N–H and O–H groups in total. The van der Waals surface area contributed by atoms with Gasteiger partial charge < -0.3 is 29.7 Å². The second kappa shape index (κ2) is 13.1. The van der Waals surface area contributed by atoms with Crippen LogP contribution in [0.3, 0.4) is 0 Å². The molecule has 1 amide bonds. The molecule has 37 heavy (non-hydrogen) atoms. The van der Waals surface area contributed by atoms with Crippen LogP contribution in [0.25, 0.3) is 0 Å². The summed E-state index contributed by atoms with van der Waals surface area (Å²) in [6, 6.07) is 5.14. The minimum absolute atomic E-state index is 0.0332. The monoisotopic (exact) mass is 517 g/mol. The molecule has 1 aliphatic rings. The highest BCUT2D eigenvalue weighted by Crippen LogP contribution is 2.45. The number of nitrogens with one attached hydrogen (secondary N) is 1. The molecule has 1 aliphatic carbocycles. The number of carboxylic acids is 1. The smallest absolute Gasteiger partial charge is 0.333 e. The Morgan fingerprint density at radius 1 is 1.19 bits per heavy atom. The standard InChI is InChI=1S/C29H43NO7/c1-8-35-23-10-9-20(18-25(27(33)34)36-19(2)3)17-22(23)30-26(32)24(13-16-31)37-21-11-14-29(7,15-12-21)28(4,5)6/h9-12,14,17,19,24-25,31H,8,13,15-16,18H2,1-7H3,(H,30,32)(H,33,34). The van der Waals surface area contributed by atoms with Crippen molar-refractivity contribution in [2.75, 3.05) is 18.5 Å². The van der Waals surface area contributed by atoms with Crippen molar-refractivity contribution in [2.24, 2.45) is 10.8 Å². The first-order valence-corrected chi connectivity index (χ1v) is 12.9. The molecular weight excluding hydrogens is 474 g/mol. The van der Waals surface area contributed by atoms with Gasteiger partial charge in [0.1, 0.15) is 11.5 Å². The van der Waals surface area contributed by atoms with Gasteiger partial charge in [-0.2, -0.15) is 0 Å². The third kappa shape index (κ3) is 8.61. The van der Waals surface area contributed by atoms with Crippen molar-refractivity contribution in [1.29, 1.82) is 0 Å². The zero-order chi connectivity index (χ0) is 27.8. The highest BCUT2D eigenvalue weighted by Gasteiger charge is 2.36. The molecule has 0 heterocycles. The zero-order valence-electron chi connectivity index (χ0n) is 23.2. The van der Waals surface area contributed by atoms with Gasteiger partial charge in [0.05, 0.1) is 18.4 Å². The number of carbonyl (C=O) groups is 2.